The first kappa shape index (κ1) is 19.9. The van der Waals surface area contributed by atoms with Gasteiger partial charge in [0.15, 0.2) is 0 Å². The number of rotatable bonds is 6. The van der Waals surface area contributed by atoms with E-state index in [1.165, 1.54) is 38.5 Å². The Morgan fingerprint density at radius 3 is 2.42 bits per heavy atom. The van der Waals surface area contributed by atoms with E-state index < -0.39 is 0 Å². The molecule has 0 aromatic carbocycles. The van der Waals surface area contributed by atoms with Gasteiger partial charge < -0.3 is 11.1 Å². The zero-order valence-corrected chi connectivity index (χ0v) is 16.7. The third-order valence-corrected chi connectivity index (χ3v) is 6.88. The van der Waals surface area contributed by atoms with Gasteiger partial charge in [0.2, 0.25) is 0 Å². The lowest BCUT2D eigenvalue weighted by molar-refractivity contribution is -0.0503. The summed E-state index contributed by atoms with van der Waals surface area (Å²) in [5.74, 6) is 2.64. The predicted octanol–water partition coefficient (Wildman–Crippen LogP) is 3.99. The molecular weight excluding hydrogens is 369 g/mol. The molecule has 4 bridgehead atoms. The number of hydrogen-bond acceptors (Lipinski definition) is 3. The van der Waals surface area contributed by atoms with Gasteiger partial charge in [-0.25, -0.2) is 0 Å². The number of amides is 1. The molecule has 4 aliphatic rings. The quantitative estimate of drug-likeness (QED) is 0.761. The van der Waals surface area contributed by atoms with Gasteiger partial charge in [-0.1, -0.05) is 11.6 Å². The minimum atomic E-state index is -0.0582. The Balaban J connectivity index is 0.00000196. The zero-order valence-electron chi connectivity index (χ0n) is 15.2. The standard InChI is InChI=1S/C20H28ClN3O.ClH/c21-18-11-23-16(2-1-3-22)7-17(18)19(25)24-12-20-8-13-4-14(9-20)6-15(5-13)10-20;/h7,11,13-15H,1-6,8-10,12,22H2,(H,24,25);1H. The summed E-state index contributed by atoms with van der Waals surface area (Å²) in [7, 11) is 0. The lowest BCUT2D eigenvalue weighted by Gasteiger charge is -2.56. The maximum atomic E-state index is 12.7. The highest BCUT2D eigenvalue weighted by molar-refractivity contribution is 6.33. The molecule has 0 aliphatic heterocycles. The van der Waals surface area contributed by atoms with Gasteiger partial charge in [0.1, 0.15) is 0 Å². The van der Waals surface area contributed by atoms with Crippen LogP contribution in [-0.4, -0.2) is 24.0 Å². The van der Waals surface area contributed by atoms with Crippen LogP contribution in [0.25, 0.3) is 0 Å². The number of pyridine rings is 1. The number of nitrogens with one attached hydrogen (secondary N) is 1. The minimum Gasteiger partial charge on any atom is -0.351 e. The van der Waals surface area contributed by atoms with Crippen LogP contribution in [0.15, 0.2) is 12.3 Å². The van der Waals surface area contributed by atoms with Crippen molar-refractivity contribution in [2.75, 3.05) is 13.1 Å². The van der Waals surface area contributed by atoms with Crippen molar-refractivity contribution >= 4 is 29.9 Å². The molecule has 0 unspecified atom stereocenters. The van der Waals surface area contributed by atoms with Crippen LogP contribution in [0.1, 0.15) is 61.0 Å². The van der Waals surface area contributed by atoms with E-state index in [2.05, 4.69) is 10.3 Å². The Kier molecular flexibility index (Phi) is 6.15. The Morgan fingerprint density at radius 1 is 1.23 bits per heavy atom. The molecule has 0 radical (unpaired) electrons. The third kappa shape index (κ3) is 4.02. The first-order valence-corrected chi connectivity index (χ1v) is 10.1. The normalized spacial score (nSPS) is 31.5. The number of halogens is 2. The molecule has 3 N–H and O–H groups in total. The molecule has 1 aromatic rings. The molecule has 5 rings (SSSR count). The third-order valence-electron chi connectivity index (χ3n) is 6.58. The highest BCUT2D eigenvalue weighted by atomic mass is 35.5. The van der Waals surface area contributed by atoms with E-state index in [-0.39, 0.29) is 18.3 Å². The van der Waals surface area contributed by atoms with Crippen LogP contribution in [0.4, 0.5) is 0 Å². The number of nitrogens with two attached hydrogens (primary N) is 1. The predicted molar refractivity (Wildman–Crippen MR) is 107 cm³/mol. The summed E-state index contributed by atoms with van der Waals surface area (Å²) >= 11 is 6.23. The van der Waals surface area contributed by atoms with Gasteiger partial charge >= 0.3 is 0 Å². The van der Waals surface area contributed by atoms with Crippen LogP contribution in [0.5, 0.6) is 0 Å². The van der Waals surface area contributed by atoms with Crippen molar-refractivity contribution in [3.8, 4) is 0 Å². The van der Waals surface area contributed by atoms with Crippen molar-refractivity contribution in [2.24, 2.45) is 28.9 Å². The maximum Gasteiger partial charge on any atom is 0.252 e. The Morgan fingerprint density at radius 2 is 1.85 bits per heavy atom. The molecule has 4 saturated carbocycles. The summed E-state index contributed by atoms with van der Waals surface area (Å²) in [6, 6.07) is 1.83. The van der Waals surface area contributed by atoms with Crippen molar-refractivity contribution in [3.05, 3.63) is 28.5 Å². The molecule has 1 aromatic heterocycles. The van der Waals surface area contributed by atoms with Crippen LogP contribution < -0.4 is 11.1 Å². The van der Waals surface area contributed by atoms with E-state index in [1.807, 2.05) is 6.07 Å². The lowest BCUT2D eigenvalue weighted by atomic mass is 9.49. The average molecular weight is 398 g/mol. The second-order valence-corrected chi connectivity index (χ2v) is 9.06. The Bertz CT molecular complexity index is 629. The van der Waals surface area contributed by atoms with Crippen LogP contribution in [0.2, 0.25) is 5.02 Å². The summed E-state index contributed by atoms with van der Waals surface area (Å²) in [4.78, 5) is 17.0. The number of aromatic nitrogens is 1. The summed E-state index contributed by atoms with van der Waals surface area (Å²) in [6.45, 7) is 1.42. The number of hydrogen-bond donors (Lipinski definition) is 2. The molecule has 0 saturated heterocycles. The minimum absolute atomic E-state index is 0. The smallest absolute Gasteiger partial charge is 0.252 e. The fourth-order valence-corrected chi connectivity index (χ4v) is 6.13. The van der Waals surface area contributed by atoms with Gasteiger partial charge in [-0.2, -0.15) is 0 Å². The Labute approximate surface area is 167 Å². The molecule has 6 heteroatoms. The van der Waals surface area contributed by atoms with E-state index in [9.17, 15) is 4.79 Å². The molecule has 0 spiro atoms. The van der Waals surface area contributed by atoms with E-state index in [1.54, 1.807) is 6.20 Å². The van der Waals surface area contributed by atoms with Crippen LogP contribution in [0.3, 0.4) is 0 Å². The monoisotopic (exact) mass is 397 g/mol. The van der Waals surface area contributed by atoms with Crippen molar-refractivity contribution in [3.63, 3.8) is 0 Å². The van der Waals surface area contributed by atoms with E-state index in [0.717, 1.165) is 42.8 Å². The van der Waals surface area contributed by atoms with Crippen LogP contribution in [-0.2, 0) is 6.42 Å². The molecule has 0 atom stereocenters. The zero-order chi connectivity index (χ0) is 17.4. The van der Waals surface area contributed by atoms with E-state index in [0.29, 0.717) is 22.5 Å². The van der Waals surface area contributed by atoms with Gasteiger partial charge in [-0.05, 0) is 87.1 Å². The van der Waals surface area contributed by atoms with Crippen molar-refractivity contribution in [1.82, 2.24) is 10.3 Å². The first-order valence-electron chi connectivity index (χ1n) is 9.69. The second kappa shape index (κ2) is 8.04. The number of aryl methyl sites for hydroxylation is 1. The first-order chi connectivity index (χ1) is 12.1. The highest BCUT2D eigenvalue weighted by Gasteiger charge is 2.50. The topological polar surface area (TPSA) is 68.0 Å². The largest absolute Gasteiger partial charge is 0.351 e. The SMILES string of the molecule is Cl.NCCCc1cc(C(=O)NCC23CC4CC(CC(C4)C2)C3)c(Cl)cn1. The number of nitrogens with zero attached hydrogens (tertiary/aromatic N) is 1. The van der Waals surface area contributed by atoms with E-state index >= 15 is 0 Å². The molecule has 4 nitrogen and oxygen atoms in total. The fourth-order valence-electron chi connectivity index (χ4n) is 5.95. The van der Waals surface area contributed by atoms with Gasteiger partial charge in [0.25, 0.3) is 5.91 Å². The fraction of sp³-hybridized carbons (Fsp3) is 0.700. The van der Waals surface area contributed by atoms with E-state index in [4.69, 9.17) is 17.3 Å². The molecule has 4 aliphatic carbocycles. The summed E-state index contributed by atoms with van der Waals surface area (Å²) in [5.41, 5.74) is 7.34. The molecule has 1 amide bonds. The van der Waals surface area contributed by atoms with Gasteiger partial charge in [-0.15, -0.1) is 12.4 Å². The molecular formula is C20H29Cl2N3O. The van der Waals surface area contributed by atoms with Crippen LogP contribution in [0, 0.1) is 23.2 Å². The molecule has 26 heavy (non-hydrogen) atoms. The van der Waals surface area contributed by atoms with Crippen molar-refractivity contribution in [1.29, 1.82) is 0 Å². The Hall–Kier alpha value is -0.840. The lowest BCUT2D eigenvalue weighted by Crippen LogP contribution is -2.51. The molecule has 144 valence electrons. The van der Waals surface area contributed by atoms with Gasteiger partial charge in [0, 0.05) is 18.4 Å². The molecule has 1 heterocycles. The van der Waals surface area contributed by atoms with Gasteiger partial charge in [-0.3, -0.25) is 9.78 Å². The number of carbonyl (C=O) groups excluding carboxylic acids is 1. The molecule has 4 fully saturated rings. The van der Waals surface area contributed by atoms with Gasteiger partial charge in [0.05, 0.1) is 10.6 Å². The summed E-state index contributed by atoms with van der Waals surface area (Å²) in [5, 5.41) is 3.63. The second-order valence-electron chi connectivity index (χ2n) is 8.65. The van der Waals surface area contributed by atoms with Crippen molar-refractivity contribution < 1.29 is 4.79 Å². The highest BCUT2D eigenvalue weighted by Crippen LogP contribution is 2.59. The number of carbonyl (C=O) groups is 1. The summed E-state index contributed by atoms with van der Waals surface area (Å²) < 4.78 is 0. The van der Waals surface area contributed by atoms with Crippen LogP contribution >= 0.6 is 24.0 Å². The van der Waals surface area contributed by atoms with Crippen molar-refractivity contribution in [2.45, 2.75) is 51.4 Å². The maximum absolute atomic E-state index is 12.7. The summed E-state index contributed by atoms with van der Waals surface area (Å²) in [6.07, 6.45) is 11.4. The average Bonchev–Trinajstić information content (AvgIpc) is 2.58.